The Morgan fingerprint density at radius 1 is 1.57 bits per heavy atom. The summed E-state index contributed by atoms with van der Waals surface area (Å²) in [5.74, 6) is 1.89. The minimum absolute atomic E-state index is 0.0292. The van der Waals surface area contributed by atoms with Gasteiger partial charge in [-0.05, 0) is 19.1 Å². The third kappa shape index (κ3) is 6.95. The summed E-state index contributed by atoms with van der Waals surface area (Å²) < 4.78 is 0. The first kappa shape index (κ1) is 13.5. The summed E-state index contributed by atoms with van der Waals surface area (Å²) in [6.45, 7) is 2.03. The van der Waals surface area contributed by atoms with Crippen LogP contribution in [0.4, 0.5) is 0 Å². The molecular weight excluding hydrogens is 198 g/mol. The maximum absolute atomic E-state index is 11.2. The lowest BCUT2D eigenvalue weighted by molar-refractivity contribution is -0.124. The topological polar surface area (TPSA) is 46.2 Å². The average molecular weight is 216 g/mol. The lowest BCUT2D eigenvalue weighted by Gasteiger charge is -2.11. The molecule has 0 bridgehead atoms. The third-order valence-electron chi connectivity index (χ3n) is 1.78. The first-order chi connectivity index (χ1) is 6.74. The number of unbranched alkanes of at least 4 members (excludes halogenated alkanes) is 1. The highest BCUT2D eigenvalue weighted by atomic mass is 32.2. The van der Waals surface area contributed by atoms with Gasteiger partial charge in [-0.2, -0.15) is 11.8 Å². The second-order valence-corrected chi connectivity index (χ2v) is 3.86. The van der Waals surface area contributed by atoms with Crippen LogP contribution in [0.2, 0.25) is 0 Å². The van der Waals surface area contributed by atoms with Crippen molar-refractivity contribution in [3.05, 3.63) is 5.75 Å². The van der Waals surface area contributed by atoms with Gasteiger partial charge >= 0.3 is 0 Å². The molecule has 0 rings (SSSR count). The second kappa shape index (κ2) is 9.06. The Kier molecular flexibility index (Phi) is 8.73. The SMILES string of the molecule is CCCCC(=O)N[C@H](C=O)C[CH]SC. The van der Waals surface area contributed by atoms with Crippen molar-refractivity contribution in [1.29, 1.82) is 0 Å². The summed E-state index contributed by atoms with van der Waals surface area (Å²) in [6, 6.07) is -0.355. The van der Waals surface area contributed by atoms with E-state index in [4.69, 9.17) is 0 Å². The smallest absolute Gasteiger partial charge is 0.220 e. The molecule has 1 amide bonds. The van der Waals surface area contributed by atoms with Crippen LogP contribution in [0.3, 0.4) is 0 Å². The first-order valence-corrected chi connectivity index (χ1v) is 6.12. The molecule has 0 aromatic carbocycles. The van der Waals surface area contributed by atoms with E-state index in [0.29, 0.717) is 12.8 Å². The normalized spacial score (nSPS) is 12.1. The van der Waals surface area contributed by atoms with Crippen molar-refractivity contribution in [3.63, 3.8) is 0 Å². The number of rotatable bonds is 8. The summed E-state index contributed by atoms with van der Waals surface area (Å²) >= 11 is 1.56. The van der Waals surface area contributed by atoms with Crippen molar-refractivity contribution < 1.29 is 9.59 Å². The van der Waals surface area contributed by atoms with Crippen LogP contribution in [0.1, 0.15) is 32.6 Å². The number of thioether (sulfide) groups is 1. The van der Waals surface area contributed by atoms with Crippen LogP contribution in [-0.4, -0.2) is 24.5 Å². The van der Waals surface area contributed by atoms with Gasteiger partial charge in [0, 0.05) is 12.2 Å². The third-order valence-corrected chi connectivity index (χ3v) is 2.31. The molecule has 1 radical (unpaired) electrons. The largest absolute Gasteiger partial charge is 0.347 e. The van der Waals surface area contributed by atoms with Crippen LogP contribution < -0.4 is 5.32 Å². The van der Waals surface area contributed by atoms with Gasteiger partial charge in [0.15, 0.2) is 0 Å². The van der Waals surface area contributed by atoms with E-state index in [0.717, 1.165) is 19.1 Å². The molecule has 4 heteroatoms. The van der Waals surface area contributed by atoms with Gasteiger partial charge in [-0.3, -0.25) is 4.79 Å². The Labute approximate surface area is 90.0 Å². The fourth-order valence-electron chi connectivity index (χ4n) is 0.965. The molecule has 0 saturated carbocycles. The van der Waals surface area contributed by atoms with Gasteiger partial charge in [-0.15, -0.1) is 0 Å². The Hall–Kier alpha value is -0.510. The van der Waals surface area contributed by atoms with Crippen molar-refractivity contribution in [2.24, 2.45) is 0 Å². The van der Waals surface area contributed by atoms with E-state index in [1.807, 2.05) is 18.9 Å². The van der Waals surface area contributed by atoms with E-state index in [1.54, 1.807) is 11.8 Å². The van der Waals surface area contributed by atoms with E-state index in [9.17, 15) is 9.59 Å². The summed E-state index contributed by atoms with van der Waals surface area (Å²) in [5, 5.41) is 2.68. The molecule has 0 aromatic rings. The standard InChI is InChI=1S/C10H18NO2S/c1-3-4-5-10(13)11-9(8-12)6-7-14-2/h7-9H,3-6H2,1-2H3,(H,11,13)/t9-/m0/s1. The van der Waals surface area contributed by atoms with Crippen molar-refractivity contribution in [2.45, 2.75) is 38.6 Å². The number of amides is 1. The lowest BCUT2D eigenvalue weighted by Crippen LogP contribution is -2.35. The molecule has 0 saturated heterocycles. The van der Waals surface area contributed by atoms with Gasteiger partial charge < -0.3 is 10.1 Å². The Bertz CT molecular complexity index is 174. The predicted molar refractivity (Wildman–Crippen MR) is 60.0 cm³/mol. The number of hydrogen-bond acceptors (Lipinski definition) is 3. The molecule has 0 heterocycles. The highest BCUT2D eigenvalue weighted by Gasteiger charge is 2.09. The molecule has 0 aliphatic heterocycles. The maximum Gasteiger partial charge on any atom is 0.220 e. The quantitative estimate of drug-likeness (QED) is 0.629. The van der Waals surface area contributed by atoms with E-state index >= 15 is 0 Å². The summed E-state index contributed by atoms with van der Waals surface area (Å²) in [5.41, 5.74) is 0. The average Bonchev–Trinajstić information content (AvgIpc) is 2.21. The van der Waals surface area contributed by atoms with Gasteiger partial charge in [-0.25, -0.2) is 0 Å². The molecule has 14 heavy (non-hydrogen) atoms. The molecule has 3 nitrogen and oxygen atoms in total. The summed E-state index contributed by atoms with van der Waals surface area (Å²) in [6.07, 6.45) is 5.71. The molecule has 0 fully saturated rings. The number of aldehydes is 1. The fourth-order valence-corrected chi connectivity index (χ4v) is 1.36. The van der Waals surface area contributed by atoms with Crippen molar-refractivity contribution in [2.75, 3.05) is 6.26 Å². The van der Waals surface area contributed by atoms with Gasteiger partial charge in [0.2, 0.25) is 5.91 Å². The van der Waals surface area contributed by atoms with Gasteiger partial charge in [0.25, 0.3) is 0 Å². The van der Waals surface area contributed by atoms with Crippen molar-refractivity contribution >= 4 is 24.0 Å². The second-order valence-electron chi connectivity index (χ2n) is 3.05. The molecular formula is C10H18NO2S. The van der Waals surface area contributed by atoms with E-state index in [2.05, 4.69) is 5.32 Å². The zero-order valence-corrected chi connectivity index (χ0v) is 9.60. The van der Waals surface area contributed by atoms with Crippen molar-refractivity contribution in [1.82, 2.24) is 5.32 Å². The minimum atomic E-state index is -0.355. The molecule has 81 valence electrons. The van der Waals surface area contributed by atoms with Gasteiger partial charge in [-0.1, -0.05) is 13.3 Å². The number of carbonyl (C=O) groups excluding carboxylic acids is 2. The van der Waals surface area contributed by atoms with Crippen LogP contribution >= 0.6 is 11.8 Å². The van der Waals surface area contributed by atoms with Crippen LogP contribution in [-0.2, 0) is 9.59 Å². The van der Waals surface area contributed by atoms with Crippen LogP contribution in [0.25, 0.3) is 0 Å². The molecule has 0 aromatic heterocycles. The summed E-state index contributed by atoms with van der Waals surface area (Å²) in [7, 11) is 0. The zero-order valence-electron chi connectivity index (χ0n) is 8.79. The Balaban J connectivity index is 3.68. The molecule has 0 unspecified atom stereocenters. The van der Waals surface area contributed by atoms with Crippen LogP contribution in [0.5, 0.6) is 0 Å². The van der Waals surface area contributed by atoms with Crippen LogP contribution in [0, 0.1) is 5.75 Å². The summed E-state index contributed by atoms with van der Waals surface area (Å²) in [4.78, 5) is 21.8. The monoisotopic (exact) mass is 216 g/mol. The van der Waals surface area contributed by atoms with E-state index in [-0.39, 0.29) is 11.9 Å². The van der Waals surface area contributed by atoms with E-state index in [1.165, 1.54) is 0 Å². The Morgan fingerprint density at radius 3 is 2.79 bits per heavy atom. The molecule has 0 aliphatic carbocycles. The Morgan fingerprint density at radius 2 is 2.29 bits per heavy atom. The van der Waals surface area contributed by atoms with Crippen LogP contribution in [0.15, 0.2) is 0 Å². The highest BCUT2D eigenvalue weighted by Crippen LogP contribution is 2.05. The van der Waals surface area contributed by atoms with Gasteiger partial charge in [0.1, 0.15) is 6.29 Å². The van der Waals surface area contributed by atoms with Crippen molar-refractivity contribution in [3.8, 4) is 0 Å². The number of carbonyl (C=O) groups is 2. The molecule has 1 N–H and O–H groups in total. The number of nitrogens with one attached hydrogen (secondary N) is 1. The first-order valence-electron chi connectivity index (χ1n) is 4.83. The highest BCUT2D eigenvalue weighted by molar-refractivity contribution is 8.00. The lowest BCUT2D eigenvalue weighted by atomic mass is 10.2. The van der Waals surface area contributed by atoms with E-state index < -0.39 is 0 Å². The molecule has 0 spiro atoms. The fraction of sp³-hybridized carbons (Fsp3) is 0.700. The minimum Gasteiger partial charge on any atom is -0.347 e. The molecule has 0 aliphatic rings. The van der Waals surface area contributed by atoms with Gasteiger partial charge in [0.05, 0.1) is 6.04 Å². The maximum atomic E-state index is 11.2. The zero-order chi connectivity index (χ0) is 10.8. The number of hydrogen-bond donors (Lipinski definition) is 1. The predicted octanol–water partition coefficient (Wildman–Crippen LogP) is 1.78. The molecule has 1 atom stereocenters.